The lowest BCUT2D eigenvalue weighted by Crippen LogP contribution is -2.55. The number of rotatable bonds is 11. The number of amides is 2. The molecular formula is C26H22ClF8N3O3. The van der Waals surface area contributed by atoms with Gasteiger partial charge in [0.2, 0.25) is 0 Å². The molecule has 0 aliphatic heterocycles. The van der Waals surface area contributed by atoms with E-state index in [1.165, 1.54) is 12.1 Å². The van der Waals surface area contributed by atoms with Crippen molar-refractivity contribution >= 4 is 17.6 Å². The minimum atomic E-state index is -5.01. The first-order valence-corrected chi connectivity index (χ1v) is 12.1. The van der Waals surface area contributed by atoms with Crippen molar-refractivity contribution in [2.24, 2.45) is 0 Å². The highest BCUT2D eigenvalue weighted by atomic mass is 35.5. The summed E-state index contributed by atoms with van der Waals surface area (Å²) in [5.74, 6) is -2.27. The van der Waals surface area contributed by atoms with Gasteiger partial charge in [0.1, 0.15) is 17.1 Å². The number of urea groups is 1. The van der Waals surface area contributed by atoms with Crippen LogP contribution in [0.25, 0.3) is 0 Å². The van der Waals surface area contributed by atoms with Crippen molar-refractivity contribution in [3.63, 3.8) is 0 Å². The van der Waals surface area contributed by atoms with Crippen LogP contribution in [0, 0.1) is 5.82 Å². The summed E-state index contributed by atoms with van der Waals surface area (Å²) in [4.78, 5) is 17.3. The highest BCUT2D eigenvalue weighted by Gasteiger charge is 2.45. The molecule has 1 aromatic heterocycles. The van der Waals surface area contributed by atoms with Gasteiger partial charge in [-0.05, 0) is 35.4 Å². The van der Waals surface area contributed by atoms with Crippen molar-refractivity contribution in [3.05, 3.63) is 94.5 Å². The number of aromatic nitrogens is 1. The van der Waals surface area contributed by atoms with E-state index in [9.17, 15) is 45.0 Å². The molecule has 3 rings (SSSR count). The van der Waals surface area contributed by atoms with E-state index < -0.39 is 60.9 Å². The summed E-state index contributed by atoms with van der Waals surface area (Å²) in [5.41, 5.74) is -2.02. The topological polar surface area (TPSA) is 83.5 Å². The minimum Gasteiger partial charge on any atom is -0.428 e. The molecule has 0 spiro atoms. The number of ether oxygens (including phenoxy) is 1. The van der Waals surface area contributed by atoms with E-state index in [-0.39, 0.29) is 22.7 Å². The van der Waals surface area contributed by atoms with Crippen molar-refractivity contribution in [3.8, 4) is 5.75 Å². The summed E-state index contributed by atoms with van der Waals surface area (Å²) in [7, 11) is 0. The SMILES string of the molecule is O=C(NC(CO)CC(F)(F)F)N[C@@](Cc1ccccc1)(c1cc(F)cc(OC(F)(F)C(F)F)c1)c1ccc(Cl)cn1. The molecule has 41 heavy (non-hydrogen) atoms. The van der Waals surface area contributed by atoms with Gasteiger partial charge >= 0.3 is 24.7 Å². The summed E-state index contributed by atoms with van der Waals surface area (Å²) in [6, 6.07) is 9.48. The molecule has 0 fully saturated rings. The smallest absolute Gasteiger partial charge is 0.428 e. The maximum atomic E-state index is 14.8. The van der Waals surface area contributed by atoms with Crippen LogP contribution in [0.1, 0.15) is 23.2 Å². The van der Waals surface area contributed by atoms with Crippen molar-refractivity contribution in [2.75, 3.05) is 6.61 Å². The second-order valence-corrected chi connectivity index (χ2v) is 9.30. The molecular weight excluding hydrogens is 590 g/mol. The second-order valence-electron chi connectivity index (χ2n) is 8.87. The predicted octanol–water partition coefficient (Wildman–Crippen LogP) is 6.21. The average Bonchev–Trinajstić information content (AvgIpc) is 2.87. The van der Waals surface area contributed by atoms with Crippen LogP contribution in [0.5, 0.6) is 5.75 Å². The summed E-state index contributed by atoms with van der Waals surface area (Å²) in [6.07, 6.45) is -14.8. The largest absolute Gasteiger partial charge is 0.461 e. The average molecular weight is 612 g/mol. The number of carbonyl (C=O) groups excluding carboxylic acids is 1. The van der Waals surface area contributed by atoms with E-state index in [2.05, 4.69) is 15.0 Å². The van der Waals surface area contributed by atoms with Crippen LogP contribution in [-0.2, 0) is 12.0 Å². The number of hydrogen-bond acceptors (Lipinski definition) is 4. The third kappa shape index (κ3) is 8.67. The van der Waals surface area contributed by atoms with Crippen LogP contribution >= 0.6 is 11.6 Å². The lowest BCUT2D eigenvalue weighted by molar-refractivity contribution is -0.253. The predicted molar refractivity (Wildman–Crippen MR) is 131 cm³/mol. The summed E-state index contributed by atoms with van der Waals surface area (Å²) in [6.45, 7) is -1.10. The molecule has 3 N–H and O–H groups in total. The standard InChI is InChI=1S/C26H22ClF8N3O3/c27-17-6-7-21(36-13-17)24(11-15-4-2-1-3-5-15,38-23(40)37-19(14-39)12-25(31,32)33)16-8-18(28)10-20(9-16)41-26(34,35)22(29)30/h1-10,13,19,22,39H,11-12,14H2,(H2,37,38,40)/t19?,24-/m0/s1. The van der Waals surface area contributed by atoms with Crippen LogP contribution in [0.3, 0.4) is 0 Å². The highest BCUT2D eigenvalue weighted by molar-refractivity contribution is 6.30. The van der Waals surface area contributed by atoms with Gasteiger partial charge in [-0.3, -0.25) is 4.98 Å². The van der Waals surface area contributed by atoms with Crippen LogP contribution in [-0.4, -0.2) is 47.5 Å². The number of aliphatic hydroxyl groups excluding tert-OH is 1. The molecule has 222 valence electrons. The number of aliphatic hydroxyl groups is 1. The number of benzene rings is 2. The highest BCUT2D eigenvalue weighted by Crippen LogP contribution is 2.37. The number of hydrogen-bond donors (Lipinski definition) is 3. The van der Waals surface area contributed by atoms with Crippen LogP contribution < -0.4 is 15.4 Å². The third-order valence-corrected chi connectivity index (χ3v) is 5.93. The zero-order chi connectivity index (χ0) is 30.4. The normalized spacial score (nSPS) is 14.3. The van der Waals surface area contributed by atoms with Gasteiger partial charge in [-0.15, -0.1) is 0 Å². The molecule has 2 atom stereocenters. The molecule has 2 aromatic carbocycles. The molecule has 0 radical (unpaired) electrons. The van der Waals surface area contributed by atoms with Crippen molar-refractivity contribution in [1.82, 2.24) is 15.6 Å². The van der Waals surface area contributed by atoms with Gasteiger partial charge < -0.3 is 20.5 Å². The van der Waals surface area contributed by atoms with Gasteiger partial charge in [-0.1, -0.05) is 41.9 Å². The van der Waals surface area contributed by atoms with Crippen molar-refractivity contribution in [1.29, 1.82) is 0 Å². The van der Waals surface area contributed by atoms with E-state index in [1.807, 2.05) is 5.32 Å². The number of alkyl halides is 7. The van der Waals surface area contributed by atoms with E-state index in [0.29, 0.717) is 11.6 Å². The summed E-state index contributed by atoms with van der Waals surface area (Å²) < 4.78 is 111. The molecule has 0 saturated carbocycles. The van der Waals surface area contributed by atoms with Gasteiger partial charge in [0.05, 0.1) is 29.8 Å². The van der Waals surface area contributed by atoms with Gasteiger partial charge in [0, 0.05) is 18.7 Å². The Bertz CT molecular complexity index is 1310. The Morgan fingerprint density at radius 2 is 1.71 bits per heavy atom. The molecule has 2 amide bonds. The molecule has 0 aliphatic carbocycles. The molecule has 15 heteroatoms. The Morgan fingerprint density at radius 3 is 2.27 bits per heavy atom. The number of halogens is 9. The molecule has 0 bridgehead atoms. The maximum absolute atomic E-state index is 14.8. The van der Waals surface area contributed by atoms with Crippen LogP contribution in [0.15, 0.2) is 66.9 Å². The van der Waals surface area contributed by atoms with Crippen LogP contribution in [0.4, 0.5) is 39.9 Å². The minimum absolute atomic E-state index is 0.0885. The van der Waals surface area contributed by atoms with Gasteiger partial charge in [0.25, 0.3) is 0 Å². The fourth-order valence-corrected chi connectivity index (χ4v) is 4.09. The zero-order valence-electron chi connectivity index (χ0n) is 20.7. The monoisotopic (exact) mass is 611 g/mol. The third-order valence-electron chi connectivity index (χ3n) is 5.71. The molecule has 3 aromatic rings. The first-order chi connectivity index (χ1) is 19.1. The molecule has 0 aliphatic rings. The first-order valence-electron chi connectivity index (χ1n) is 11.7. The van der Waals surface area contributed by atoms with Gasteiger partial charge in [-0.2, -0.15) is 30.7 Å². The Kier molecular flexibility index (Phi) is 10.0. The van der Waals surface area contributed by atoms with Crippen molar-refractivity contribution < 1.29 is 49.8 Å². The molecule has 6 nitrogen and oxygen atoms in total. The van der Waals surface area contributed by atoms with E-state index in [0.717, 1.165) is 18.3 Å². The lowest BCUT2D eigenvalue weighted by atomic mass is 9.80. The molecule has 0 saturated heterocycles. The Labute approximate surface area is 233 Å². The van der Waals surface area contributed by atoms with Gasteiger partial charge in [0.15, 0.2) is 0 Å². The quantitative estimate of drug-likeness (QED) is 0.225. The molecule has 1 heterocycles. The zero-order valence-corrected chi connectivity index (χ0v) is 21.5. The lowest BCUT2D eigenvalue weighted by Gasteiger charge is -2.36. The summed E-state index contributed by atoms with van der Waals surface area (Å²) >= 11 is 5.94. The van der Waals surface area contributed by atoms with E-state index >= 15 is 0 Å². The Hall–Kier alpha value is -3.65. The fourth-order valence-electron chi connectivity index (χ4n) is 3.98. The van der Waals surface area contributed by atoms with Crippen molar-refractivity contribution in [2.45, 2.75) is 43.1 Å². The second kappa shape index (κ2) is 12.9. The fraction of sp³-hybridized carbons (Fsp3) is 0.308. The van der Waals surface area contributed by atoms with E-state index in [4.69, 9.17) is 11.6 Å². The van der Waals surface area contributed by atoms with Crippen LogP contribution in [0.2, 0.25) is 5.02 Å². The van der Waals surface area contributed by atoms with E-state index in [1.54, 1.807) is 30.3 Å². The Morgan fingerprint density at radius 1 is 1.02 bits per heavy atom. The first kappa shape index (κ1) is 31.9. The number of nitrogens with zero attached hydrogens (tertiary/aromatic N) is 1. The van der Waals surface area contributed by atoms with Gasteiger partial charge in [-0.25, -0.2) is 9.18 Å². The number of nitrogens with one attached hydrogen (secondary N) is 2. The maximum Gasteiger partial charge on any atom is 0.461 e. The Balaban J connectivity index is 2.20. The number of pyridine rings is 1. The number of carbonyl (C=O) groups is 1. The summed E-state index contributed by atoms with van der Waals surface area (Å²) in [5, 5.41) is 13.9. The molecule has 1 unspecified atom stereocenters.